The van der Waals surface area contributed by atoms with Crippen LogP contribution in [0.15, 0.2) is 59.9 Å². The first-order valence-electron chi connectivity index (χ1n) is 11.2. The first-order valence-corrected chi connectivity index (χ1v) is 11.2. The number of aliphatic imine (C=N–C) groups is 1. The maximum absolute atomic E-state index is 4.48. The molecule has 0 spiro atoms. The van der Waals surface area contributed by atoms with Crippen molar-refractivity contribution in [3.8, 4) is 0 Å². The number of likely N-dealkylation sites (tertiary alicyclic amines) is 1. The molecule has 0 bridgehead atoms. The third-order valence-corrected chi connectivity index (χ3v) is 6.28. The van der Waals surface area contributed by atoms with Crippen LogP contribution in [0.4, 0.5) is 0 Å². The fourth-order valence-corrected chi connectivity index (χ4v) is 4.27. The molecule has 6 nitrogen and oxygen atoms in total. The average Bonchev–Trinajstić information content (AvgIpc) is 3.36. The molecule has 172 valence electrons. The van der Waals surface area contributed by atoms with Gasteiger partial charge in [-0.15, -0.1) is 24.0 Å². The van der Waals surface area contributed by atoms with Gasteiger partial charge in [0.25, 0.3) is 0 Å². The van der Waals surface area contributed by atoms with Crippen LogP contribution in [0.1, 0.15) is 31.9 Å². The Balaban J connectivity index is 0.00000289. The van der Waals surface area contributed by atoms with Crippen molar-refractivity contribution in [2.75, 3.05) is 20.1 Å². The van der Waals surface area contributed by atoms with E-state index in [-0.39, 0.29) is 24.0 Å². The minimum absolute atomic E-state index is 0. The van der Waals surface area contributed by atoms with Crippen molar-refractivity contribution in [3.63, 3.8) is 0 Å². The molecule has 0 radical (unpaired) electrons. The summed E-state index contributed by atoms with van der Waals surface area (Å²) in [6.45, 7) is 10.6. The zero-order chi connectivity index (χ0) is 21.8. The van der Waals surface area contributed by atoms with E-state index < -0.39 is 0 Å². The topological polar surface area (TPSA) is 57.5 Å². The van der Waals surface area contributed by atoms with E-state index in [0.29, 0.717) is 18.0 Å². The van der Waals surface area contributed by atoms with Gasteiger partial charge >= 0.3 is 0 Å². The highest BCUT2D eigenvalue weighted by atomic mass is 127. The predicted octanol–water partition coefficient (Wildman–Crippen LogP) is 4.10. The normalized spacial score (nSPS) is 19.3. The second-order valence-corrected chi connectivity index (χ2v) is 8.88. The van der Waals surface area contributed by atoms with E-state index in [1.165, 1.54) is 16.6 Å². The minimum atomic E-state index is 0. The molecule has 2 N–H and O–H groups in total. The van der Waals surface area contributed by atoms with Gasteiger partial charge in [-0.25, -0.2) is 4.98 Å². The first kappa shape index (κ1) is 24.5. The van der Waals surface area contributed by atoms with Gasteiger partial charge in [0, 0.05) is 45.3 Å². The lowest BCUT2D eigenvalue weighted by atomic mass is 10.1. The molecule has 1 aliphatic heterocycles. The van der Waals surface area contributed by atoms with E-state index in [9.17, 15) is 0 Å². The third-order valence-electron chi connectivity index (χ3n) is 6.28. The number of nitrogens with one attached hydrogen (secondary N) is 2. The SMILES string of the molecule is CN=C(NCc1ccc(Cn2cnc3ccccc32)cc1)NC1CN(C(C)C)CC1C.I. The highest BCUT2D eigenvalue weighted by molar-refractivity contribution is 14.0. The standard InChI is InChI=1S/C25H34N6.HI/c1-18(2)30-14-19(3)23(16-30)29-25(26-4)27-13-20-9-11-21(12-10-20)15-31-17-28-22-7-5-6-8-24(22)31;/h5-12,17-19,23H,13-16H2,1-4H3,(H2,26,27,29);1H. The van der Waals surface area contributed by atoms with Crippen LogP contribution in [0, 0.1) is 5.92 Å². The Morgan fingerprint density at radius 1 is 1.09 bits per heavy atom. The van der Waals surface area contributed by atoms with E-state index in [1.54, 1.807) is 0 Å². The van der Waals surface area contributed by atoms with Gasteiger partial charge in [0.15, 0.2) is 5.96 Å². The summed E-state index contributed by atoms with van der Waals surface area (Å²) in [5, 5.41) is 7.09. The molecule has 0 aliphatic carbocycles. The number of hydrogen-bond acceptors (Lipinski definition) is 3. The molecule has 4 rings (SSSR count). The van der Waals surface area contributed by atoms with E-state index in [2.05, 4.69) is 87.2 Å². The molecule has 32 heavy (non-hydrogen) atoms. The van der Waals surface area contributed by atoms with Crippen LogP contribution in [-0.4, -0.2) is 52.6 Å². The van der Waals surface area contributed by atoms with Crippen molar-refractivity contribution < 1.29 is 0 Å². The predicted molar refractivity (Wildman–Crippen MR) is 144 cm³/mol. The number of guanidine groups is 1. The molecule has 1 saturated heterocycles. The zero-order valence-electron chi connectivity index (χ0n) is 19.5. The fraction of sp³-hybridized carbons (Fsp3) is 0.440. The summed E-state index contributed by atoms with van der Waals surface area (Å²) in [5.41, 5.74) is 4.71. The quantitative estimate of drug-likeness (QED) is 0.278. The Kier molecular flexibility index (Phi) is 8.53. The largest absolute Gasteiger partial charge is 0.352 e. The summed E-state index contributed by atoms with van der Waals surface area (Å²) < 4.78 is 2.19. The number of benzene rings is 2. The number of halogens is 1. The van der Waals surface area contributed by atoms with Crippen LogP contribution in [0.25, 0.3) is 11.0 Å². The smallest absolute Gasteiger partial charge is 0.191 e. The van der Waals surface area contributed by atoms with Gasteiger partial charge in [0.2, 0.25) is 0 Å². The van der Waals surface area contributed by atoms with Crippen LogP contribution < -0.4 is 10.6 Å². The number of para-hydroxylation sites is 2. The van der Waals surface area contributed by atoms with Gasteiger partial charge < -0.3 is 15.2 Å². The van der Waals surface area contributed by atoms with E-state index in [4.69, 9.17) is 0 Å². The highest BCUT2D eigenvalue weighted by Crippen LogP contribution is 2.18. The molecule has 0 saturated carbocycles. The molecule has 0 amide bonds. The van der Waals surface area contributed by atoms with Crippen molar-refractivity contribution >= 4 is 41.0 Å². The van der Waals surface area contributed by atoms with Crippen LogP contribution in [0.2, 0.25) is 0 Å². The Bertz CT molecular complexity index is 1030. The van der Waals surface area contributed by atoms with Crippen LogP contribution >= 0.6 is 24.0 Å². The number of imidazole rings is 1. The van der Waals surface area contributed by atoms with Crippen molar-refractivity contribution in [1.29, 1.82) is 0 Å². The summed E-state index contributed by atoms with van der Waals surface area (Å²) >= 11 is 0. The third kappa shape index (κ3) is 5.81. The molecule has 2 atom stereocenters. The van der Waals surface area contributed by atoms with Crippen LogP contribution in [0.3, 0.4) is 0 Å². The molecule has 1 aromatic heterocycles. The van der Waals surface area contributed by atoms with Crippen molar-refractivity contribution in [2.45, 2.75) is 45.9 Å². The summed E-state index contributed by atoms with van der Waals surface area (Å²) in [6, 6.07) is 18.0. The summed E-state index contributed by atoms with van der Waals surface area (Å²) in [4.78, 5) is 11.4. The van der Waals surface area contributed by atoms with Gasteiger partial charge in [-0.2, -0.15) is 0 Å². The lowest BCUT2D eigenvalue weighted by Gasteiger charge is -2.22. The Morgan fingerprint density at radius 3 is 2.50 bits per heavy atom. The number of aromatic nitrogens is 2. The number of hydrogen-bond donors (Lipinski definition) is 2. The summed E-state index contributed by atoms with van der Waals surface area (Å²) in [6.07, 6.45) is 1.92. The van der Waals surface area contributed by atoms with E-state index in [0.717, 1.165) is 37.7 Å². The summed E-state index contributed by atoms with van der Waals surface area (Å²) in [7, 11) is 1.84. The molecule has 7 heteroatoms. The zero-order valence-corrected chi connectivity index (χ0v) is 21.8. The number of fused-ring (bicyclic) bond motifs is 1. The molecule has 2 heterocycles. The maximum atomic E-state index is 4.48. The Morgan fingerprint density at radius 2 is 1.81 bits per heavy atom. The molecule has 2 aromatic carbocycles. The summed E-state index contributed by atoms with van der Waals surface area (Å²) in [5.74, 6) is 1.48. The lowest BCUT2D eigenvalue weighted by Crippen LogP contribution is -2.46. The molecule has 1 fully saturated rings. The fourth-order valence-electron chi connectivity index (χ4n) is 4.27. The van der Waals surface area contributed by atoms with Gasteiger partial charge in [0.1, 0.15) is 0 Å². The molecular formula is C25H35IN6. The van der Waals surface area contributed by atoms with Crippen LogP contribution in [0.5, 0.6) is 0 Å². The van der Waals surface area contributed by atoms with Gasteiger partial charge in [-0.1, -0.05) is 43.3 Å². The Hall–Kier alpha value is -2.13. The van der Waals surface area contributed by atoms with Gasteiger partial charge in [-0.05, 0) is 43.0 Å². The average molecular weight is 547 g/mol. The highest BCUT2D eigenvalue weighted by Gasteiger charge is 2.31. The molecular weight excluding hydrogens is 511 g/mol. The molecule has 1 aliphatic rings. The monoisotopic (exact) mass is 546 g/mol. The first-order chi connectivity index (χ1) is 15.0. The second-order valence-electron chi connectivity index (χ2n) is 8.88. The minimum Gasteiger partial charge on any atom is -0.352 e. The number of rotatable bonds is 6. The molecule has 2 unspecified atom stereocenters. The van der Waals surface area contributed by atoms with Gasteiger partial charge in [0.05, 0.1) is 17.4 Å². The van der Waals surface area contributed by atoms with Crippen LogP contribution in [-0.2, 0) is 13.1 Å². The lowest BCUT2D eigenvalue weighted by molar-refractivity contribution is 0.265. The number of nitrogens with zero attached hydrogens (tertiary/aromatic N) is 4. The second kappa shape index (κ2) is 11.1. The molecule has 3 aromatic rings. The van der Waals surface area contributed by atoms with Gasteiger partial charge in [-0.3, -0.25) is 9.89 Å². The van der Waals surface area contributed by atoms with E-state index >= 15 is 0 Å². The van der Waals surface area contributed by atoms with Crippen molar-refractivity contribution in [1.82, 2.24) is 25.1 Å². The maximum Gasteiger partial charge on any atom is 0.191 e. The van der Waals surface area contributed by atoms with Crippen molar-refractivity contribution in [3.05, 3.63) is 66.0 Å². The van der Waals surface area contributed by atoms with E-state index in [1.807, 2.05) is 25.5 Å². The van der Waals surface area contributed by atoms with Crippen molar-refractivity contribution in [2.24, 2.45) is 10.9 Å². The Labute approximate surface area is 208 Å².